The molecule has 0 aromatic carbocycles. The van der Waals surface area contributed by atoms with Crippen molar-refractivity contribution in [3.05, 3.63) is 41.6 Å². The van der Waals surface area contributed by atoms with Gasteiger partial charge in [0.05, 0.1) is 11.9 Å². The molecule has 0 aliphatic heterocycles. The van der Waals surface area contributed by atoms with E-state index in [9.17, 15) is 4.79 Å². The van der Waals surface area contributed by atoms with Crippen LogP contribution in [0.1, 0.15) is 43.3 Å². The number of aryl methyl sites for hydroxylation is 1. The molecule has 0 saturated heterocycles. The standard InChI is InChI=1S/C17H21N7O/c1-10(2)16-23-22-15-6-4-13(9-24(15)16)20-17(25)19-12-3-5-14-11(7-12)8-18-21-14/h4,6,8-10,12H,3,5,7H2,1-2H3,(H,18,21)(H2,19,20,25)/t12-/m1/s1. The van der Waals surface area contributed by atoms with Gasteiger partial charge in [-0.15, -0.1) is 10.2 Å². The third kappa shape index (κ3) is 3.07. The molecule has 3 heterocycles. The predicted molar refractivity (Wildman–Crippen MR) is 93.6 cm³/mol. The number of hydrogen-bond donors (Lipinski definition) is 3. The van der Waals surface area contributed by atoms with Crippen molar-refractivity contribution in [1.82, 2.24) is 30.1 Å². The van der Waals surface area contributed by atoms with E-state index in [0.717, 1.165) is 30.7 Å². The molecule has 1 aliphatic rings. The van der Waals surface area contributed by atoms with Gasteiger partial charge in [0.25, 0.3) is 0 Å². The van der Waals surface area contributed by atoms with Gasteiger partial charge in [0, 0.05) is 23.9 Å². The fourth-order valence-corrected chi connectivity index (χ4v) is 3.27. The quantitative estimate of drug-likeness (QED) is 0.681. The van der Waals surface area contributed by atoms with E-state index in [-0.39, 0.29) is 18.0 Å². The molecule has 8 heteroatoms. The Hall–Kier alpha value is -2.90. The summed E-state index contributed by atoms with van der Waals surface area (Å²) in [6, 6.07) is 3.61. The van der Waals surface area contributed by atoms with E-state index in [4.69, 9.17) is 0 Å². The minimum Gasteiger partial charge on any atom is -0.335 e. The van der Waals surface area contributed by atoms with Crippen molar-refractivity contribution >= 4 is 17.4 Å². The number of carbonyl (C=O) groups is 1. The summed E-state index contributed by atoms with van der Waals surface area (Å²) in [6.45, 7) is 4.13. The molecule has 25 heavy (non-hydrogen) atoms. The monoisotopic (exact) mass is 339 g/mol. The van der Waals surface area contributed by atoms with E-state index in [0.29, 0.717) is 5.69 Å². The topological polar surface area (TPSA) is 100 Å². The van der Waals surface area contributed by atoms with E-state index >= 15 is 0 Å². The lowest BCUT2D eigenvalue weighted by molar-refractivity contribution is 0.247. The molecule has 4 rings (SSSR count). The predicted octanol–water partition coefficient (Wildman–Crippen LogP) is 2.25. The molecule has 0 radical (unpaired) electrons. The highest BCUT2D eigenvalue weighted by atomic mass is 16.2. The average molecular weight is 339 g/mol. The molecule has 130 valence electrons. The van der Waals surface area contributed by atoms with Crippen LogP contribution in [-0.2, 0) is 12.8 Å². The van der Waals surface area contributed by atoms with Gasteiger partial charge < -0.3 is 10.6 Å². The largest absolute Gasteiger partial charge is 0.335 e. The summed E-state index contributed by atoms with van der Waals surface area (Å²) in [5.41, 5.74) is 3.85. The molecule has 0 saturated carbocycles. The van der Waals surface area contributed by atoms with Crippen molar-refractivity contribution in [3.8, 4) is 0 Å². The number of nitrogens with one attached hydrogen (secondary N) is 3. The molecular formula is C17H21N7O. The lowest BCUT2D eigenvalue weighted by Gasteiger charge is -2.23. The summed E-state index contributed by atoms with van der Waals surface area (Å²) in [4.78, 5) is 12.3. The number of rotatable bonds is 3. The molecule has 3 N–H and O–H groups in total. The molecule has 0 spiro atoms. The maximum Gasteiger partial charge on any atom is 0.319 e. The number of hydrogen-bond acceptors (Lipinski definition) is 4. The van der Waals surface area contributed by atoms with Crippen LogP contribution in [0.4, 0.5) is 10.5 Å². The maximum atomic E-state index is 12.3. The van der Waals surface area contributed by atoms with Gasteiger partial charge in [0.15, 0.2) is 5.65 Å². The van der Waals surface area contributed by atoms with Crippen molar-refractivity contribution < 1.29 is 4.79 Å². The number of fused-ring (bicyclic) bond motifs is 2. The number of aromatic amines is 1. The minimum absolute atomic E-state index is 0.120. The highest BCUT2D eigenvalue weighted by Crippen LogP contribution is 2.19. The van der Waals surface area contributed by atoms with Crippen molar-refractivity contribution in [2.75, 3.05) is 5.32 Å². The number of pyridine rings is 1. The number of nitrogens with zero attached hydrogens (tertiary/aromatic N) is 4. The smallest absolute Gasteiger partial charge is 0.319 e. The van der Waals surface area contributed by atoms with Crippen LogP contribution in [0.2, 0.25) is 0 Å². The summed E-state index contributed by atoms with van der Waals surface area (Å²) in [6.07, 6.45) is 6.32. The zero-order valence-corrected chi connectivity index (χ0v) is 14.3. The van der Waals surface area contributed by atoms with Gasteiger partial charge in [-0.3, -0.25) is 9.50 Å². The van der Waals surface area contributed by atoms with Crippen molar-refractivity contribution in [2.24, 2.45) is 0 Å². The van der Waals surface area contributed by atoms with Gasteiger partial charge in [0.2, 0.25) is 0 Å². The Morgan fingerprint density at radius 2 is 2.24 bits per heavy atom. The third-order valence-corrected chi connectivity index (χ3v) is 4.55. The van der Waals surface area contributed by atoms with Crippen LogP contribution in [0, 0.1) is 0 Å². The lowest BCUT2D eigenvalue weighted by Crippen LogP contribution is -2.41. The van der Waals surface area contributed by atoms with E-state index in [1.165, 1.54) is 11.3 Å². The van der Waals surface area contributed by atoms with Crippen molar-refractivity contribution in [2.45, 2.75) is 45.1 Å². The average Bonchev–Trinajstić information content (AvgIpc) is 3.20. The van der Waals surface area contributed by atoms with Crippen LogP contribution in [0.15, 0.2) is 24.5 Å². The first-order valence-electron chi connectivity index (χ1n) is 8.53. The summed E-state index contributed by atoms with van der Waals surface area (Å²) in [5, 5.41) is 21.4. The van der Waals surface area contributed by atoms with Crippen LogP contribution >= 0.6 is 0 Å². The second-order valence-corrected chi connectivity index (χ2v) is 6.77. The molecule has 2 amide bonds. The van der Waals surface area contributed by atoms with Crippen molar-refractivity contribution in [3.63, 3.8) is 0 Å². The van der Waals surface area contributed by atoms with Crippen LogP contribution in [0.25, 0.3) is 5.65 Å². The Kier molecular flexibility index (Phi) is 3.87. The molecule has 1 atom stereocenters. The van der Waals surface area contributed by atoms with Crippen molar-refractivity contribution in [1.29, 1.82) is 0 Å². The first kappa shape index (κ1) is 15.6. The molecule has 0 bridgehead atoms. The number of H-pyrrole nitrogens is 1. The minimum atomic E-state index is -0.199. The summed E-state index contributed by atoms with van der Waals surface area (Å²) in [7, 11) is 0. The second kappa shape index (κ2) is 6.19. The Bertz CT molecular complexity index is 911. The second-order valence-electron chi connectivity index (χ2n) is 6.77. The highest BCUT2D eigenvalue weighted by Gasteiger charge is 2.21. The van der Waals surface area contributed by atoms with Crippen LogP contribution in [0.3, 0.4) is 0 Å². The number of anilines is 1. The van der Waals surface area contributed by atoms with Gasteiger partial charge in [-0.1, -0.05) is 13.8 Å². The van der Waals surface area contributed by atoms with Gasteiger partial charge >= 0.3 is 6.03 Å². The first-order chi connectivity index (χ1) is 12.1. The van der Waals surface area contributed by atoms with E-state index in [2.05, 4.69) is 44.9 Å². The molecule has 8 nitrogen and oxygen atoms in total. The Morgan fingerprint density at radius 1 is 1.36 bits per heavy atom. The first-order valence-corrected chi connectivity index (χ1v) is 8.53. The molecule has 3 aromatic heterocycles. The van der Waals surface area contributed by atoms with Crippen LogP contribution < -0.4 is 10.6 Å². The molecular weight excluding hydrogens is 318 g/mol. The zero-order valence-electron chi connectivity index (χ0n) is 14.3. The molecule has 0 fully saturated rings. The van der Waals surface area contributed by atoms with E-state index < -0.39 is 0 Å². The normalized spacial score (nSPS) is 16.8. The Morgan fingerprint density at radius 3 is 3.08 bits per heavy atom. The molecule has 1 aliphatic carbocycles. The van der Waals surface area contributed by atoms with Gasteiger partial charge in [-0.25, -0.2) is 4.79 Å². The Balaban J connectivity index is 1.44. The Labute approximate surface area is 145 Å². The summed E-state index contributed by atoms with van der Waals surface area (Å²) in [5.74, 6) is 1.13. The zero-order chi connectivity index (χ0) is 17.4. The number of urea groups is 1. The SMILES string of the molecule is CC(C)c1nnc2ccc(NC(=O)N[C@@H]3CCc4[nH]ncc4C3)cn12. The number of carbonyl (C=O) groups excluding carboxylic acids is 1. The summed E-state index contributed by atoms with van der Waals surface area (Å²) >= 11 is 0. The number of amides is 2. The summed E-state index contributed by atoms with van der Waals surface area (Å²) < 4.78 is 1.92. The van der Waals surface area contributed by atoms with Crippen LogP contribution in [0.5, 0.6) is 0 Å². The molecule has 3 aromatic rings. The van der Waals surface area contributed by atoms with Crippen LogP contribution in [-0.4, -0.2) is 36.9 Å². The van der Waals surface area contributed by atoms with E-state index in [1.807, 2.05) is 28.9 Å². The third-order valence-electron chi connectivity index (χ3n) is 4.55. The fourth-order valence-electron chi connectivity index (χ4n) is 3.27. The van der Waals surface area contributed by atoms with Gasteiger partial charge in [-0.2, -0.15) is 5.10 Å². The fraction of sp³-hybridized carbons (Fsp3) is 0.412. The highest BCUT2D eigenvalue weighted by molar-refractivity contribution is 5.89. The molecule has 0 unspecified atom stereocenters. The number of aromatic nitrogens is 5. The van der Waals surface area contributed by atoms with Gasteiger partial charge in [0.1, 0.15) is 5.82 Å². The van der Waals surface area contributed by atoms with E-state index in [1.54, 1.807) is 0 Å². The lowest BCUT2D eigenvalue weighted by atomic mass is 9.94. The maximum absolute atomic E-state index is 12.3. The van der Waals surface area contributed by atoms with Gasteiger partial charge in [-0.05, 0) is 37.0 Å².